The van der Waals surface area contributed by atoms with Crippen molar-refractivity contribution in [3.63, 3.8) is 0 Å². The molecular formula is C14H27NO3S. The Labute approximate surface area is 117 Å². The molecule has 1 aliphatic heterocycles. The van der Waals surface area contributed by atoms with Crippen molar-refractivity contribution in [3.8, 4) is 0 Å². The van der Waals surface area contributed by atoms with E-state index < -0.39 is 10.0 Å². The first kappa shape index (κ1) is 15.3. The van der Waals surface area contributed by atoms with Crippen molar-refractivity contribution < 1.29 is 13.2 Å². The van der Waals surface area contributed by atoms with Crippen LogP contribution < -0.4 is 0 Å². The molecule has 0 unspecified atom stereocenters. The number of ether oxygens (including phenoxy) is 1. The number of nitrogens with zero attached hydrogens (tertiary/aromatic N) is 1. The van der Waals surface area contributed by atoms with Crippen molar-refractivity contribution in [1.82, 2.24) is 4.31 Å². The Morgan fingerprint density at radius 2 is 2.05 bits per heavy atom. The van der Waals surface area contributed by atoms with Crippen LogP contribution in [0.4, 0.5) is 0 Å². The molecule has 1 spiro atoms. The van der Waals surface area contributed by atoms with Crippen LogP contribution >= 0.6 is 0 Å². The highest BCUT2D eigenvalue weighted by molar-refractivity contribution is 7.89. The summed E-state index contributed by atoms with van der Waals surface area (Å²) in [4.78, 5) is 0. The molecule has 2 aliphatic rings. The zero-order valence-corrected chi connectivity index (χ0v) is 13.0. The fraction of sp³-hybridized carbons (Fsp3) is 1.00. The number of hydrogen-bond acceptors (Lipinski definition) is 3. The quantitative estimate of drug-likeness (QED) is 0.781. The minimum atomic E-state index is -3.06. The van der Waals surface area contributed by atoms with Crippen LogP contribution in [0.5, 0.6) is 0 Å². The van der Waals surface area contributed by atoms with E-state index in [1.54, 1.807) is 11.4 Å². The summed E-state index contributed by atoms with van der Waals surface area (Å²) in [5.74, 6) is 0.303. The third-order valence-electron chi connectivity index (χ3n) is 4.83. The van der Waals surface area contributed by atoms with Gasteiger partial charge in [0, 0.05) is 25.6 Å². The van der Waals surface area contributed by atoms with Gasteiger partial charge in [0.05, 0.1) is 11.9 Å². The Morgan fingerprint density at radius 1 is 1.32 bits per heavy atom. The van der Waals surface area contributed by atoms with Crippen LogP contribution in [-0.2, 0) is 14.8 Å². The molecule has 0 radical (unpaired) electrons. The van der Waals surface area contributed by atoms with Gasteiger partial charge in [-0.2, -0.15) is 0 Å². The fourth-order valence-electron chi connectivity index (χ4n) is 3.75. The molecular weight excluding hydrogens is 262 g/mol. The van der Waals surface area contributed by atoms with E-state index in [-0.39, 0.29) is 11.5 Å². The van der Waals surface area contributed by atoms with Gasteiger partial charge < -0.3 is 4.74 Å². The van der Waals surface area contributed by atoms with E-state index in [0.717, 1.165) is 38.5 Å². The largest absolute Gasteiger partial charge is 0.381 e. The number of methoxy groups -OCH3 is 1. The van der Waals surface area contributed by atoms with Crippen molar-refractivity contribution in [2.24, 2.45) is 5.41 Å². The maximum absolute atomic E-state index is 12.4. The Morgan fingerprint density at radius 3 is 2.74 bits per heavy atom. The second-order valence-corrected chi connectivity index (χ2v) is 8.17. The van der Waals surface area contributed by atoms with Crippen LogP contribution in [0.2, 0.25) is 0 Å². The summed E-state index contributed by atoms with van der Waals surface area (Å²) in [7, 11) is -1.30. The second-order valence-electron chi connectivity index (χ2n) is 6.09. The standard InChI is InChI=1S/C14H27NO3S/c1-3-4-11-19(16,17)15-10-6-9-14(12-15)8-5-7-13(14)18-2/h13H,3-12H2,1-2H3/t13-,14-/m1/s1. The molecule has 2 fully saturated rings. The first-order chi connectivity index (χ1) is 9.04. The first-order valence-electron chi connectivity index (χ1n) is 7.55. The third kappa shape index (κ3) is 3.14. The van der Waals surface area contributed by atoms with Gasteiger partial charge in [0.2, 0.25) is 10.0 Å². The van der Waals surface area contributed by atoms with Gasteiger partial charge in [-0.3, -0.25) is 0 Å². The summed E-state index contributed by atoms with van der Waals surface area (Å²) in [5, 5.41) is 0. The Balaban J connectivity index is 2.08. The number of rotatable bonds is 5. The molecule has 1 heterocycles. The summed E-state index contributed by atoms with van der Waals surface area (Å²) in [6.45, 7) is 3.41. The van der Waals surface area contributed by atoms with Gasteiger partial charge in [-0.15, -0.1) is 0 Å². The van der Waals surface area contributed by atoms with E-state index >= 15 is 0 Å². The maximum Gasteiger partial charge on any atom is 0.214 e. The van der Waals surface area contributed by atoms with Crippen LogP contribution in [-0.4, -0.2) is 44.8 Å². The first-order valence-corrected chi connectivity index (χ1v) is 9.15. The monoisotopic (exact) mass is 289 g/mol. The molecule has 0 N–H and O–H groups in total. The average molecular weight is 289 g/mol. The van der Waals surface area contributed by atoms with Crippen molar-refractivity contribution in [2.75, 3.05) is 26.0 Å². The maximum atomic E-state index is 12.4. The molecule has 0 bridgehead atoms. The van der Waals surface area contributed by atoms with Crippen molar-refractivity contribution >= 4 is 10.0 Å². The molecule has 19 heavy (non-hydrogen) atoms. The lowest BCUT2D eigenvalue weighted by molar-refractivity contribution is -0.0184. The summed E-state index contributed by atoms with van der Waals surface area (Å²) in [6, 6.07) is 0. The van der Waals surface area contributed by atoms with Gasteiger partial charge in [-0.1, -0.05) is 19.8 Å². The predicted molar refractivity (Wildman–Crippen MR) is 76.6 cm³/mol. The Hall–Kier alpha value is -0.130. The van der Waals surface area contributed by atoms with E-state index in [4.69, 9.17) is 4.74 Å². The van der Waals surface area contributed by atoms with Crippen LogP contribution in [0.1, 0.15) is 51.9 Å². The summed E-state index contributed by atoms with van der Waals surface area (Å²) < 4.78 is 32.1. The van der Waals surface area contributed by atoms with Gasteiger partial charge in [0.15, 0.2) is 0 Å². The Kier molecular flexibility index (Phi) is 4.90. The highest BCUT2D eigenvalue weighted by atomic mass is 32.2. The van der Waals surface area contributed by atoms with Gasteiger partial charge in [-0.25, -0.2) is 12.7 Å². The molecule has 0 amide bonds. The second kappa shape index (κ2) is 6.10. The minimum Gasteiger partial charge on any atom is -0.381 e. The predicted octanol–water partition coefficient (Wildman–Crippen LogP) is 2.40. The van der Waals surface area contributed by atoms with Crippen molar-refractivity contribution in [2.45, 2.75) is 58.0 Å². The number of unbranched alkanes of at least 4 members (excludes halogenated alkanes) is 1. The highest BCUT2D eigenvalue weighted by Gasteiger charge is 2.47. The molecule has 1 aliphatic carbocycles. The van der Waals surface area contributed by atoms with Gasteiger partial charge in [0.25, 0.3) is 0 Å². The lowest BCUT2D eigenvalue weighted by atomic mass is 9.77. The average Bonchev–Trinajstić information content (AvgIpc) is 2.78. The van der Waals surface area contributed by atoms with E-state index in [1.807, 2.05) is 6.92 Å². The van der Waals surface area contributed by atoms with Crippen LogP contribution in [0.3, 0.4) is 0 Å². The Bertz CT molecular complexity index is 395. The van der Waals surface area contributed by atoms with Crippen LogP contribution in [0.15, 0.2) is 0 Å². The van der Waals surface area contributed by atoms with E-state index in [1.165, 1.54) is 6.42 Å². The van der Waals surface area contributed by atoms with Crippen LogP contribution in [0.25, 0.3) is 0 Å². The topological polar surface area (TPSA) is 46.6 Å². The summed E-state index contributed by atoms with van der Waals surface area (Å²) >= 11 is 0. The molecule has 0 aromatic carbocycles. The zero-order chi connectivity index (χ0) is 13.9. The zero-order valence-electron chi connectivity index (χ0n) is 12.2. The van der Waals surface area contributed by atoms with Gasteiger partial charge in [0.1, 0.15) is 0 Å². The van der Waals surface area contributed by atoms with Crippen molar-refractivity contribution in [3.05, 3.63) is 0 Å². The van der Waals surface area contributed by atoms with Gasteiger partial charge in [-0.05, 0) is 32.1 Å². The number of hydrogen-bond donors (Lipinski definition) is 0. The molecule has 0 aromatic rings. The van der Waals surface area contributed by atoms with E-state index in [0.29, 0.717) is 18.8 Å². The summed E-state index contributed by atoms with van der Waals surface area (Å²) in [6.07, 6.45) is 7.40. The third-order valence-corrected chi connectivity index (χ3v) is 6.73. The molecule has 1 saturated heterocycles. The molecule has 4 nitrogen and oxygen atoms in total. The normalized spacial score (nSPS) is 33.1. The molecule has 2 atom stereocenters. The van der Waals surface area contributed by atoms with Crippen molar-refractivity contribution in [1.29, 1.82) is 0 Å². The lowest BCUT2D eigenvalue weighted by Crippen LogP contribution is -2.50. The molecule has 1 saturated carbocycles. The molecule has 0 aromatic heterocycles. The SMILES string of the molecule is CCCCS(=O)(=O)N1CCC[C@]2(CCC[C@H]2OC)C1. The molecule has 112 valence electrons. The smallest absolute Gasteiger partial charge is 0.214 e. The van der Waals surface area contributed by atoms with E-state index in [9.17, 15) is 8.42 Å². The summed E-state index contributed by atoms with van der Waals surface area (Å²) in [5.41, 5.74) is 0.0896. The lowest BCUT2D eigenvalue weighted by Gasteiger charge is -2.43. The minimum absolute atomic E-state index is 0.0896. The number of sulfonamides is 1. The molecule has 5 heteroatoms. The fourth-order valence-corrected chi connectivity index (χ4v) is 5.52. The van der Waals surface area contributed by atoms with Gasteiger partial charge >= 0.3 is 0 Å². The number of piperidine rings is 1. The van der Waals surface area contributed by atoms with Crippen LogP contribution in [0, 0.1) is 5.41 Å². The van der Waals surface area contributed by atoms with E-state index in [2.05, 4.69) is 0 Å². The highest BCUT2D eigenvalue weighted by Crippen LogP contribution is 2.46. The molecule has 2 rings (SSSR count).